The maximum absolute atomic E-state index is 12.0. The van der Waals surface area contributed by atoms with Crippen LogP contribution in [-0.2, 0) is 9.59 Å². The molecule has 6 heteroatoms. The molecule has 25 heavy (non-hydrogen) atoms. The van der Waals surface area contributed by atoms with E-state index < -0.39 is 0 Å². The molecule has 6 nitrogen and oxygen atoms in total. The lowest BCUT2D eigenvalue weighted by Gasteiger charge is -2.10. The van der Waals surface area contributed by atoms with Crippen LogP contribution < -0.4 is 20.7 Å². The van der Waals surface area contributed by atoms with Gasteiger partial charge in [-0.1, -0.05) is 13.0 Å². The molecular weight excluding hydrogens is 318 g/mol. The molecule has 0 aliphatic rings. The Morgan fingerprint density at radius 2 is 1.64 bits per heavy atom. The molecule has 3 N–H and O–H groups in total. The first-order valence-corrected chi connectivity index (χ1v) is 8.21. The number of hydrogen-bond acceptors (Lipinski definition) is 4. The molecule has 2 aromatic carbocycles. The summed E-state index contributed by atoms with van der Waals surface area (Å²) in [7, 11) is 0. The summed E-state index contributed by atoms with van der Waals surface area (Å²) in [5.41, 5.74) is 2.18. The molecular formula is C19H23N3O3. The van der Waals surface area contributed by atoms with E-state index in [-0.39, 0.29) is 18.4 Å². The lowest BCUT2D eigenvalue weighted by molar-refractivity contribution is -0.115. The van der Waals surface area contributed by atoms with Crippen LogP contribution in [0, 0.1) is 0 Å². The van der Waals surface area contributed by atoms with E-state index >= 15 is 0 Å². The zero-order chi connectivity index (χ0) is 18.1. The van der Waals surface area contributed by atoms with Gasteiger partial charge in [-0.25, -0.2) is 0 Å². The van der Waals surface area contributed by atoms with Gasteiger partial charge in [0.15, 0.2) is 0 Å². The van der Waals surface area contributed by atoms with Crippen molar-refractivity contribution < 1.29 is 14.3 Å². The van der Waals surface area contributed by atoms with Crippen LogP contribution in [-0.4, -0.2) is 25.0 Å². The second-order valence-electron chi connectivity index (χ2n) is 5.54. The molecule has 0 saturated carbocycles. The van der Waals surface area contributed by atoms with Gasteiger partial charge in [-0.15, -0.1) is 0 Å². The van der Waals surface area contributed by atoms with Crippen molar-refractivity contribution in [2.24, 2.45) is 0 Å². The van der Waals surface area contributed by atoms with Crippen molar-refractivity contribution >= 4 is 28.9 Å². The van der Waals surface area contributed by atoms with Crippen LogP contribution in [0.1, 0.15) is 20.3 Å². The van der Waals surface area contributed by atoms with Gasteiger partial charge in [0, 0.05) is 30.1 Å². The monoisotopic (exact) mass is 341 g/mol. The van der Waals surface area contributed by atoms with Crippen LogP contribution in [0.15, 0.2) is 48.5 Å². The molecule has 0 spiro atoms. The Morgan fingerprint density at radius 1 is 0.960 bits per heavy atom. The van der Waals surface area contributed by atoms with Crippen molar-refractivity contribution in [1.82, 2.24) is 0 Å². The highest BCUT2D eigenvalue weighted by atomic mass is 16.5. The molecule has 2 aromatic rings. The van der Waals surface area contributed by atoms with Crippen LogP contribution in [0.4, 0.5) is 17.1 Å². The first-order valence-electron chi connectivity index (χ1n) is 8.21. The Kier molecular flexibility index (Phi) is 6.83. The Labute approximate surface area is 147 Å². The van der Waals surface area contributed by atoms with Crippen LogP contribution in [0.5, 0.6) is 5.75 Å². The van der Waals surface area contributed by atoms with Crippen molar-refractivity contribution in [2.45, 2.75) is 20.3 Å². The molecule has 0 radical (unpaired) electrons. The molecule has 0 saturated heterocycles. The van der Waals surface area contributed by atoms with Crippen molar-refractivity contribution in [3.63, 3.8) is 0 Å². The fourth-order valence-electron chi connectivity index (χ4n) is 2.14. The molecule has 0 aromatic heterocycles. The minimum atomic E-state index is -0.160. The van der Waals surface area contributed by atoms with Crippen LogP contribution in [0.2, 0.25) is 0 Å². The van der Waals surface area contributed by atoms with E-state index in [1.807, 2.05) is 24.3 Å². The summed E-state index contributed by atoms with van der Waals surface area (Å²) in [5.74, 6) is 0.485. The lowest BCUT2D eigenvalue weighted by Crippen LogP contribution is -2.21. The van der Waals surface area contributed by atoms with Crippen molar-refractivity contribution in [2.75, 3.05) is 29.1 Å². The Bertz CT molecular complexity index is 714. The highest BCUT2D eigenvalue weighted by Crippen LogP contribution is 2.17. The van der Waals surface area contributed by atoms with Gasteiger partial charge in [-0.05, 0) is 42.8 Å². The molecule has 0 atom stereocenters. The average molecular weight is 341 g/mol. The van der Waals surface area contributed by atoms with E-state index in [0.29, 0.717) is 18.0 Å². The Morgan fingerprint density at radius 3 is 2.28 bits per heavy atom. The zero-order valence-corrected chi connectivity index (χ0v) is 14.5. The van der Waals surface area contributed by atoms with E-state index in [1.165, 1.54) is 6.92 Å². The molecule has 0 aliphatic heterocycles. The Balaban J connectivity index is 1.83. The van der Waals surface area contributed by atoms with Gasteiger partial charge in [-0.3, -0.25) is 9.59 Å². The van der Waals surface area contributed by atoms with Crippen molar-refractivity contribution in [1.29, 1.82) is 0 Å². The highest BCUT2D eigenvalue weighted by Gasteiger charge is 2.04. The number of carbonyl (C=O) groups excluding carboxylic acids is 2. The van der Waals surface area contributed by atoms with E-state index in [1.54, 1.807) is 24.3 Å². The number of benzene rings is 2. The summed E-state index contributed by atoms with van der Waals surface area (Å²) < 4.78 is 5.57. The van der Waals surface area contributed by atoms with Crippen LogP contribution in [0.3, 0.4) is 0 Å². The van der Waals surface area contributed by atoms with E-state index in [4.69, 9.17) is 4.74 Å². The summed E-state index contributed by atoms with van der Waals surface area (Å²) >= 11 is 0. The van der Waals surface area contributed by atoms with Gasteiger partial charge in [0.1, 0.15) is 5.75 Å². The maximum atomic E-state index is 12.0. The van der Waals surface area contributed by atoms with Gasteiger partial charge in [0.2, 0.25) is 11.8 Å². The van der Waals surface area contributed by atoms with Crippen LogP contribution >= 0.6 is 0 Å². The smallest absolute Gasteiger partial charge is 0.243 e. The first-order chi connectivity index (χ1) is 12.1. The van der Waals surface area contributed by atoms with Gasteiger partial charge >= 0.3 is 0 Å². The molecule has 0 heterocycles. The van der Waals surface area contributed by atoms with Crippen LogP contribution in [0.25, 0.3) is 0 Å². The largest absolute Gasteiger partial charge is 0.494 e. The number of ether oxygens (including phenoxy) is 1. The van der Waals surface area contributed by atoms with E-state index in [9.17, 15) is 9.59 Å². The summed E-state index contributed by atoms with van der Waals surface area (Å²) in [6, 6.07) is 14.5. The number of hydrogen-bond donors (Lipinski definition) is 3. The standard InChI is InChI=1S/C19H23N3O3/c1-3-11-25-18-6-4-5-17(12-18)20-13-19(24)22-16-9-7-15(8-10-16)21-14(2)23/h4-10,12,20H,3,11,13H2,1-2H3,(H,21,23)(H,22,24). The zero-order valence-electron chi connectivity index (χ0n) is 14.5. The molecule has 0 aliphatic carbocycles. The third kappa shape index (κ3) is 6.55. The fourth-order valence-corrected chi connectivity index (χ4v) is 2.14. The topological polar surface area (TPSA) is 79.5 Å². The molecule has 0 unspecified atom stereocenters. The number of nitrogens with one attached hydrogen (secondary N) is 3. The fraction of sp³-hybridized carbons (Fsp3) is 0.263. The summed E-state index contributed by atoms with van der Waals surface area (Å²) in [4.78, 5) is 23.0. The average Bonchev–Trinajstić information content (AvgIpc) is 2.60. The molecule has 0 bridgehead atoms. The summed E-state index contributed by atoms with van der Waals surface area (Å²) in [6.07, 6.45) is 0.945. The third-order valence-electron chi connectivity index (χ3n) is 3.25. The SMILES string of the molecule is CCCOc1cccc(NCC(=O)Nc2ccc(NC(C)=O)cc2)c1. The normalized spacial score (nSPS) is 10.0. The highest BCUT2D eigenvalue weighted by molar-refractivity contribution is 5.94. The second kappa shape index (κ2) is 9.32. The quantitative estimate of drug-likeness (QED) is 0.687. The van der Waals surface area contributed by atoms with E-state index in [0.717, 1.165) is 17.9 Å². The number of rotatable bonds is 8. The third-order valence-corrected chi connectivity index (χ3v) is 3.25. The minimum absolute atomic E-state index is 0.133. The number of carbonyl (C=O) groups is 2. The van der Waals surface area contributed by atoms with Gasteiger partial charge in [-0.2, -0.15) is 0 Å². The van der Waals surface area contributed by atoms with Gasteiger partial charge in [0.25, 0.3) is 0 Å². The van der Waals surface area contributed by atoms with E-state index in [2.05, 4.69) is 22.9 Å². The summed E-state index contributed by atoms with van der Waals surface area (Å²) in [5, 5.41) is 8.54. The predicted octanol–water partition coefficient (Wildman–Crippen LogP) is 3.48. The molecule has 2 amide bonds. The van der Waals surface area contributed by atoms with Gasteiger partial charge < -0.3 is 20.7 Å². The predicted molar refractivity (Wildman–Crippen MR) is 100 cm³/mol. The second-order valence-corrected chi connectivity index (χ2v) is 5.54. The minimum Gasteiger partial charge on any atom is -0.494 e. The molecule has 0 fully saturated rings. The maximum Gasteiger partial charge on any atom is 0.243 e. The first kappa shape index (κ1) is 18.3. The van der Waals surface area contributed by atoms with Crippen molar-refractivity contribution in [3.8, 4) is 5.75 Å². The van der Waals surface area contributed by atoms with Gasteiger partial charge in [0.05, 0.1) is 13.2 Å². The number of amides is 2. The number of anilines is 3. The summed E-state index contributed by atoms with van der Waals surface area (Å²) in [6.45, 7) is 4.31. The van der Waals surface area contributed by atoms with Crippen molar-refractivity contribution in [3.05, 3.63) is 48.5 Å². The molecule has 132 valence electrons. The lowest BCUT2D eigenvalue weighted by atomic mass is 10.2. The molecule has 2 rings (SSSR count). The Hall–Kier alpha value is -3.02.